The van der Waals surface area contributed by atoms with Crippen molar-refractivity contribution in [2.75, 3.05) is 6.61 Å². The molecule has 1 unspecified atom stereocenters. The van der Waals surface area contributed by atoms with Crippen molar-refractivity contribution in [3.8, 4) is 5.69 Å². The Morgan fingerprint density at radius 2 is 2.00 bits per heavy atom. The zero-order valence-electron chi connectivity index (χ0n) is 13.1. The van der Waals surface area contributed by atoms with Crippen LogP contribution in [0.15, 0.2) is 28.7 Å². The van der Waals surface area contributed by atoms with Gasteiger partial charge in [-0.15, -0.1) is 5.10 Å². The second-order valence-corrected chi connectivity index (χ2v) is 6.13. The molecule has 10 heteroatoms. The average molecular weight is 422 g/mol. The second-order valence-electron chi connectivity index (χ2n) is 5.21. The molecule has 136 valence electrons. The third kappa shape index (κ3) is 4.79. The molecule has 0 aliphatic carbocycles. The molecule has 1 atom stereocenters. The summed E-state index contributed by atoms with van der Waals surface area (Å²) in [5, 5.41) is 16.3. The Morgan fingerprint density at radius 3 is 2.56 bits per heavy atom. The number of aliphatic hydroxyl groups excluding tert-OH is 1. The van der Waals surface area contributed by atoms with E-state index >= 15 is 0 Å². The van der Waals surface area contributed by atoms with Gasteiger partial charge >= 0.3 is 12.1 Å². The topological polar surface area (TPSA) is 77.2 Å². The Bertz CT molecular complexity index is 732. The van der Waals surface area contributed by atoms with Crippen LogP contribution in [0.5, 0.6) is 0 Å². The van der Waals surface area contributed by atoms with Crippen LogP contribution >= 0.6 is 15.9 Å². The fourth-order valence-electron chi connectivity index (χ4n) is 2.09. The molecule has 0 aliphatic heterocycles. The fourth-order valence-corrected chi connectivity index (χ4v) is 2.36. The molecular formula is C15H15BrF3N3O3. The molecule has 2 aromatic rings. The second kappa shape index (κ2) is 7.96. The minimum atomic E-state index is -4.87. The summed E-state index contributed by atoms with van der Waals surface area (Å²) in [6.07, 6.45) is -4.80. The highest BCUT2D eigenvalue weighted by Crippen LogP contribution is 2.33. The van der Waals surface area contributed by atoms with Crippen LogP contribution in [-0.2, 0) is 10.9 Å². The van der Waals surface area contributed by atoms with E-state index in [1.807, 2.05) is 6.92 Å². The summed E-state index contributed by atoms with van der Waals surface area (Å²) in [5.41, 5.74) is -2.18. The Balaban J connectivity index is 2.33. The van der Waals surface area contributed by atoms with Gasteiger partial charge in [0.05, 0.1) is 11.8 Å². The minimum absolute atomic E-state index is 0.0908. The number of carbonyl (C=O) groups is 1. The smallest absolute Gasteiger partial charge is 0.436 e. The summed E-state index contributed by atoms with van der Waals surface area (Å²) >= 11 is 3.19. The number of aliphatic hydroxyl groups is 1. The lowest BCUT2D eigenvalue weighted by atomic mass is 10.2. The van der Waals surface area contributed by atoms with E-state index in [1.54, 1.807) is 0 Å². The van der Waals surface area contributed by atoms with Crippen molar-refractivity contribution in [3.05, 3.63) is 40.1 Å². The van der Waals surface area contributed by atoms with Gasteiger partial charge in [-0.3, -0.25) is 0 Å². The number of esters is 1. The van der Waals surface area contributed by atoms with E-state index < -0.39 is 36.2 Å². The highest BCUT2D eigenvalue weighted by Gasteiger charge is 2.42. The van der Waals surface area contributed by atoms with Gasteiger partial charge in [-0.25, -0.2) is 9.48 Å². The van der Waals surface area contributed by atoms with E-state index in [9.17, 15) is 23.1 Å². The van der Waals surface area contributed by atoms with E-state index in [-0.39, 0.29) is 5.69 Å². The van der Waals surface area contributed by atoms with Crippen LogP contribution in [0.25, 0.3) is 5.69 Å². The highest BCUT2D eigenvalue weighted by molar-refractivity contribution is 9.10. The van der Waals surface area contributed by atoms with E-state index in [4.69, 9.17) is 4.74 Å². The number of carbonyl (C=O) groups excluding carboxylic acids is 1. The lowest BCUT2D eigenvalue weighted by Crippen LogP contribution is -2.22. The number of nitrogens with zero attached hydrogens (tertiary/aromatic N) is 3. The van der Waals surface area contributed by atoms with Crippen LogP contribution in [0.4, 0.5) is 13.2 Å². The fraction of sp³-hybridized carbons (Fsp3) is 0.400. The minimum Gasteiger partial charge on any atom is -0.458 e. The summed E-state index contributed by atoms with van der Waals surface area (Å²) in [7, 11) is 0. The molecule has 25 heavy (non-hydrogen) atoms. The molecule has 0 aliphatic rings. The normalized spacial score (nSPS) is 12.9. The molecule has 2 rings (SSSR count). The van der Waals surface area contributed by atoms with E-state index in [2.05, 4.69) is 26.2 Å². The third-order valence-corrected chi connectivity index (χ3v) is 3.76. The van der Waals surface area contributed by atoms with Gasteiger partial charge < -0.3 is 9.84 Å². The van der Waals surface area contributed by atoms with Gasteiger partial charge in [0, 0.05) is 4.47 Å². The Morgan fingerprint density at radius 1 is 1.36 bits per heavy atom. The number of aromatic nitrogens is 3. The molecule has 0 fully saturated rings. The van der Waals surface area contributed by atoms with Crippen LogP contribution < -0.4 is 0 Å². The maximum Gasteiger partial charge on any atom is 0.436 e. The molecule has 0 radical (unpaired) electrons. The predicted octanol–water partition coefficient (Wildman–Crippen LogP) is 3.37. The van der Waals surface area contributed by atoms with Crippen molar-refractivity contribution in [2.24, 2.45) is 0 Å². The third-order valence-electron chi connectivity index (χ3n) is 3.23. The highest BCUT2D eigenvalue weighted by atomic mass is 79.9. The van der Waals surface area contributed by atoms with Crippen molar-refractivity contribution in [2.45, 2.75) is 32.0 Å². The van der Waals surface area contributed by atoms with Gasteiger partial charge in [0.1, 0.15) is 6.61 Å². The van der Waals surface area contributed by atoms with Crippen molar-refractivity contribution < 1.29 is 27.8 Å². The average Bonchev–Trinajstić information content (AvgIpc) is 2.99. The zero-order chi connectivity index (χ0) is 18.6. The number of hydrogen-bond acceptors (Lipinski definition) is 5. The molecule has 6 nitrogen and oxygen atoms in total. The summed E-state index contributed by atoms with van der Waals surface area (Å²) in [4.78, 5) is 12.0. The summed E-state index contributed by atoms with van der Waals surface area (Å²) in [6.45, 7) is 1.41. The van der Waals surface area contributed by atoms with E-state index in [0.29, 0.717) is 22.0 Å². The number of alkyl halides is 3. The number of benzene rings is 1. The van der Waals surface area contributed by atoms with Crippen LogP contribution in [0.2, 0.25) is 0 Å². The number of rotatable bonds is 6. The van der Waals surface area contributed by atoms with Crippen LogP contribution in [-0.4, -0.2) is 38.8 Å². The van der Waals surface area contributed by atoms with Crippen molar-refractivity contribution in [3.63, 3.8) is 0 Å². The summed E-state index contributed by atoms with van der Waals surface area (Å²) < 4.78 is 46.2. The lowest BCUT2D eigenvalue weighted by Gasteiger charge is -2.12. The molecule has 1 heterocycles. The first-order chi connectivity index (χ1) is 11.7. The van der Waals surface area contributed by atoms with Crippen LogP contribution in [0, 0.1) is 0 Å². The quantitative estimate of drug-likeness (QED) is 0.723. The predicted molar refractivity (Wildman–Crippen MR) is 85.3 cm³/mol. The molecule has 0 bridgehead atoms. The van der Waals surface area contributed by atoms with Gasteiger partial charge in [-0.1, -0.05) is 34.5 Å². The maximum atomic E-state index is 13.4. The zero-order valence-corrected chi connectivity index (χ0v) is 14.7. The molecule has 0 amide bonds. The van der Waals surface area contributed by atoms with Gasteiger partial charge in [0.2, 0.25) is 5.69 Å². The molecule has 0 saturated heterocycles. The number of ether oxygens (including phenoxy) is 1. The SMILES string of the molecule is CCCC(O)COC(=O)c1nnn(-c2ccc(Br)cc2)c1C(F)(F)F. The van der Waals surface area contributed by atoms with Gasteiger partial charge in [-0.05, 0) is 30.7 Å². The number of hydrogen-bond donors (Lipinski definition) is 1. The Kier molecular flexibility index (Phi) is 6.17. The van der Waals surface area contributed by atoms with E-state index in [0.717, 1.165) is 0 Å². The first kappa shape index (κ1) is 19.4. The summed E-state index contributed by atoms with van der Waals surface area (Å²) in [6, 6.07) is 5.87. The van der Waals surface area contributed by atoms with E-state index in [1.165, 1.54) is 24.3 Å². The van der Waals surface area contributed by atoms with Crippen LogP contribution in [0.1, 0.15) is 35.9 Å². The van der Waals surface area contributed by atoms with Crippen molar-refractivity contribution >= 4 is 21.9 Å². The monoisotopic (exact) mass is 421 g/mol. The molecule has 0 spiro atoms. The van der Waals surface area contributed by atoms with Gasteiger partial charge in [-0.2, -0.15) is 13.2 Å². The first-order valence-corrected chi connectivity index (χ1v) is 8.17. The van der Waals surface area contributed by atoms with Crippen LogP contribution in [0.3, 0.4) is 0 Å². The number of halogens is 4. The maximum absolute atomic E-state index is 13.4. The van der Waals surface area contributed by atoms with Crippen molar-refractivity contribution in [1.29, 1.82) is 0 Å². The lowest BCUT2D eigenvalue weighted by molar-refractivity contribution is -0.143. The molecule has 0 saturated carbocycles. The molecular weight excluding hydrogens is 407 g/mol. The summed E-state index contributed by atoms with van der Waals surface area (Å²) in [5.74, 6) is -1.29. The first-order valence-electron chi connectivity index (χ1n) is 7.38. The Labute approximate surface area is 149 Å². The Hall–Kier alpha value is -1.94. The molecule has 1 aromatic heterocycles. The van der Waals surface area contributed by atoms with Crippen molar-refractivity contribution in [1.82, 2.24) is 15.0 Å². The van der Waals surface area contributed by atoms with Gasteiger partial charge in [0.15, 0.2) is 5.69 Å². The molecule has 1 N–H and O–H groups in total. The standard InChI is InChI=1S/C15H15BrF3N3O3/c1-2-3-11(23)8-25-14(24)12-13(15(17,18)19)22(21-20-12)10-6-4-9(16)5-7-10/h4-7,11,23H,2-3,8H2,1H3. The largest absolute Gasteiger partial charge is 0.458 e. The molecule has 1 aromatic carbocycles. The van der Waals surface area contributed by atoms with Gasteiger partial charge in [0.25, 0.3) is 0 Å².